The Bertz CT molecular complexity index is 650. The van der Waals surface area contributed by atoms with Crippen LogP contribution in [0, 0.1) is 6.92 Å². The molecule has 1 amide bonds. The maximum Gasteiger partial charge on any atom is 0.416 e. The van der Waals surface area contributed by atoms with Gasteiger partial charge in [0.1, 0.15) is 0 Å². The number of carboxylic acid groups (broad SMARTS) is 1. The minimum Gasteiger partial charge on any atom is -0.465 e. The summed E-state index contributed by atoms with van der Waals surface area (Å²) in [6.07, 6.45) is -3.16. The molecule has 0 unspecified atom stereocenters. The number of benzene rings is 1. The second kappa shape index (κ2) is 4.87. The van der Waals surface area contributed by atoms with Crippen molar-refractivity contribution in [2.45, 2.75) is 13.1 Å². The Morgan fingerprint density at radius 3 is 2.55 bits per heavy atom. The van der Waals surface area contributed by atoms with Gasteiger partial charge in [-0.3, -0.25) is 5.32 Å². The quantitative estimate of drug-likeness (QED) is 0.889. The van der Waals surface area contributed by atoms with Crippen LogP contribution in [0.3, 0.4) is 0 Å². The van der Waals surface area contributed by atoms with Crippen LogP contribution in [0.1, 0.15) is 11.3 Å². The Morgan fingerprint density at radius 2 is 2.05 bits per heavy atom. The van der Waals surface area contributed by atoms with E-state index in [0.29, 0.717) is 5.69 Å². The average molecular weight is 285 g/mol. The second-order valence-electron chi connectivity index (χ2n) is 4.10. The van der Waals surface area contributed by atoms with Gasteiger partial charge in [-0.15, -0.1) is 0 Å². The van der Waals surface area contributed by atoms with Crippen LogP contribution in [0.25, 0.3) is 5.69 Å². The van der Waals surface area contributed by atoms with Crippen molar-refractivity contribution in [2.24, 2.45) is 0 Å². The number of hydrogen-bond acceptors (Lipinski definition) is 2. The van der Waals surface area contributed by atoms with Gasteiger partial charge >= 0.3 is 12.3 Å². The van der Waals surface area contributed by atoms with Crippen LogP contribution in [-0.2, 0) is 6.18 Å². The molecule has 1 aromatic heterocycles. The fraction of sp³-hybridized carbons (Fsp3) is 0.167. The summed E-state index contributed by atoms with van der Waals surface area (Å²) in [6.45, 7) is 1.68. The topological polar surface area (TPSA) is 67.2 Å². The Morgan fingerprint density at radius 1 is 1.35 bits per heavy atom. The molecule has 0 spiro atoms. The van der Waals surface area contributed by atoms with Crippen molar-refractivity contribution >= 4 is 11.8 Å². The van der Waals surface area contributed by atoms with Gasteiger partial charge in [0.25, 0.3) is 0 Å². The van der Waals surface area contributed by atoms with Crippen molar-refractivity contribution in [2.75, 3.05) is 5.32 Å². The first-order valence-corrected chi connectivity index (χ1v) is 5.49. The zero-order valence-corrected chi connectivity index (χ0v) is 10.3. The van der Waals surface area contributed by atoms with E-state index in [1.54, 1.807) is 6.92 Å². The van der Waals surface area contributed by atoms with Crippen LogP contribution in [0.5, 0.6) is 0 Å². The Balaban J connectivity index is 2.57. The van der Waals surface area contributed by atoms with Crippen LogP contribution >= 0.6 is 0 Å². The van der Waals surface area contributed by atoms with Gasteiger partial charge in [-0.1, -0.05) is 0 Å². The molecule has 5 nitrogen and oxygen atoms in total. The molecular formula is C12H10F3N3O2. The van der Waals surface area contributed by atoms with Crippen LogP contribution in [0.4, 0.5) is 23.7 Å². The highest BCUT2D eigenvalue weighted by molar-refractivity contribution is 5.83. The number of alkyl halides is 3. The van der Waals surface area contributed by atoms with Crippen molar-refractivity contribution in [3.63, 3.8) is 0 Å². The number of rotatable bonds is 2. The van der Waals surface area contributed by atoms with Crippen molar-refractivity contribution in [3.8, 4) is 5.69 Å². The number of carbonyl (C=O) groups is 1. The van der Waals surface area contributed by atoms with Gasteiger partial charge in [0.15, 0.2) is 0 Å². The van der Waals surface area contributed by atoms with E-state index in [0.717, 1.165) is 12.1 Å². The maximum absolute atomic E-state index is 12.8. The number of nitrogens with one attached hydrogen (secondary N) is 1. The molecule has 106 valence electrons. The number of aryl methyl sites for hydroxylation is 1. The SMILES string of the molecule is Cc1cncn1-c1cc(NC(=O)O)cc(C(F)(F)F)c1. The fourth-order valence-electron chi connectivity index (χ4n) is 1.74. The average Bonchev–Trinajstić information content (AvgIpc) is 2.73. The molecule has 0 radical (unpaired) electrons. The smallest absolute Gasteiger partial charge is 0.416 e. The first-order chi connectivity index (χ1) is 9.27. The van der Waals surface area contributed by atoms with Crippen molar-refractivity contribution in [3.05, 3.63) is 42.0 Å². The largest absolute Gasteiger partial charge is 0.465 e. The zero-order valence-electron chi connectivity index (χ0n) is 10.3. The third-order valence-electron chi connectivity index (χ3n) is 2.60. The molecule has 1 aromatic carbocycles. The van der Waals surface area contributed by atoms with Crippen LogP contribution < -0.4 is 5.32 Å². The third kappa shape index (κ3) is 2.90. The summed E-state index contributed by atoms with van der Waals surface area (Å²) in [5, 5.41) is 10.5. The van der Waals surface area contributed by atoms with E-state index in [1.807, 2.05) is 5.32 Å². The van der Waals surface area contributed by atoms with Crippen LogP contribution in [0.15, 0.2) is 30.7 Å². The highest BCUT2D eigenvalue weighted by Gasteiger charge is 2.31. The minimum absolute atomic E-state index is 0.157. The van der Waals surface area contributed by atoms with Crippen molar-refractivity contribution < 1.29 is 23.1 Å². The van der Waals surface area contributed by atoms with E-state index in [2.05, 4.69) is 4.98 Å². The van der Waals surface area contributed by atoms with Gasteiger partial charge < -0.3 is 9.67 Å². The lowest BCUT2D eigenvalue weighted by Crippen LogP contribution is -2.11. The van der Waals surface area contributed by atoms with Crippen LogP contribution in [-0.4, -0.2) is 20.8 Å². The van der Waals surface area contributed by atoms with E-state index in [-0.39, 0.29) is 11.4 Å². The number of halogens is 3. The standard InChI is InChI=1S/C12H10F3N3O2/c1-7-5-16-6-18(7)10-3-8(12(13,14)15)2-9(4-10)17-11(19)20/h2-6,17H,1H3,(H,19,20). The molecule has 0 bridgehead atoms. The first-order valence-electron chi connectivity index (χ1n) is 5.49. The molecule has 2 rings (SSSR count). The van der Waals surface area contributed by atoms with Crippen molar-refractivity contribution in [1.29, 1.82) is 0 Å². The van der Waals surface area contributed by atoms with Gasteiger partial charge in [-0.05, 0) is 25.1 Å². The van der Waals surface area contributed by atoms with Gasteiger partial charge in [-0.2, -0.15) is 13.2 Å². The summed E-state index contributed by atoms with van der Waals surface area (Å²) in [5.74, 6) is 0. The lowest BCUT2D eigenvalue weighted by atomic mass is 10.1. The molecule has 20 heavy (non-hydrogen) atoms. The second-order valence-corrected chi connectivity index (χ2v) is 4.10. The molecule has 0 aliphatic rings. The number of nitrogens with zero attached hydrogens (tertiary/aromatic N) is 2. The molecule has 0 fully saturated rings. The van der Waals surface area contributed by atoms with Crippen molar-refractivity contribution in [1.82, 2.24) is 9.55 Å². The summed E-state index contributed by atoms with van der Waals surface area (Å²) < 4.78 is 39.9. The lowest BCUT2D eigenvalue weighted by Gasteiger charge is -2.13. The van der Waals surface area contributed by atoms with E-state index in [9.17, 15) is 18.0 Å². The number of amides is 1. The number of hydrogen-bond donors (Lipinski definition) is 2. The minimum atomic E-state index is -4.57. The molecule has 2 aromatic rings. The van der Waals surface area contributed by atoms with E-state index >= 15 is 0 Å². The highest BCUT2D eigenvalue weighted by Crippen LogP contribution is 2.33. The van der Waals surface area contributed by atoms with Gasteiger partial charge in [-0.25, -0.2) is 9.78 Å². The Labute approximate surface area is 111 Å². The molecule has 2 N–H and O–H groups in total. The third-order valence-corrected chi connectivity index (χ3v) is 2.60. The van der Waals surface area contributed by atoms with Crippen LogP contribution in [0.2, 0.25) is 0 Å². The summed E-state index contributed by atoms with van der Waals surface area (Å²) in [5.41, 5.74) is -0.286. The molecule has 0 aliphatic carbocycles. The molecule has 0 atom stereocenters. The van der Waals surface area contributed by atoms with Gasteiger partial charge in [0.05, 0.1) is 11.9 Å². The molecule has 0 saturated carbocycles. The Hall–Kier alpha value is -2.51. The van der Waals surface area contributed by atoms with E-state index in [4.69, 9.17) is 5.11 Å². The highest BCUT2D eigenvalue weighted by atomic mass is 19.4. The van der Waals surface area contributed by atoms with E-state index in [1.165, 1.54) is 23.2 Å². The molecule has 8 heteroatoms. The molecule has 0 saturated heterocycles. The number of aromatic nitrogens is 2. The predicted molar refractivity (Wildman–Crippen MR) is 65.0 cm³/mol. The zero-order chi connectivity index (χ0) is 14.9. The monoisotopic (exact) mass is 285 g/mol. The molecular weight excluding hydrogens is 275 g/mol. The molecule has 0 aliphatic heterocycles. The fourth-order valence-corrected chi connectivity index (χ4v) is 1.74. The maximum atomic E-state index is 12.8. The lowest BCUT2D eigenvalue weighted by molar-refractivity contribution is -0.137. The van der Waals surface area contributed by atoms with Gasteiger partial charge in [0.2, 0.25) is 0 Å². The summed E-state index contributed by atoms with van der Waals surface area (Å²) >= 11 is 0. The molecule has 1 heterocycles. The Kier molecular flexibility index (Phi) is 3.39. The number of imidazole rings is 1. The predicted octanol–water partition coefficient (Wildman–Crippen LogP) is 3.29. The van der Waals surface area contributed by atoms with Gasteiger partial charge in [0, 0.05) is 23.3 Å². The van der Waals surface area contributed by atoms with E-state index < -0.39 is 17.8 Å². The number of anilines is 1. The summed E-state index contributed by atoms with van der Waals surface area (Å²) in [6, 6.07) is 2.98. The normalized spacial score (nSPS) is 11.4. The summed E-state index contributed by atoms with van der Waals surface area (Å²) in [4.78, 5) is 14.4. The first kappa shape index (κ1) is 13.9. The summed E-state index contributed by atoms with van der Waals surface area (Å²) in [7, 11) is 0.